The number of amides is 2. The zero-order valence-corrected chi connectivity index (χ0v) is 42.4. The molecule has 0 aliphatic carbocycles. The molecule has 71 heavy (non-hydrogen) atoms. The third kappa shape index (κ3) is 12.0. The van der Waals surface area contributed by atoms with Crippen molar-refractivity contribution in [3.8, 4) is 57.5 Å². The fourth-order valence-electron chi connectivity index (χ4n) is 8.71. The summed E-state index contributed by atoms with van der Waals surface area (Å²) in [6.07, 6.45) is 1.26. The van der Waals surface area contributed by atoms with Gasteiger partial charge in [-0.05, 0) is 48.4 Å². The van der Waals surface area contributed by atoms with E-state index in [4.69, 9.17) is 52.1 Å². The normalized spacial score (nSPS) is 17.9. The van der Waals surface area contributed by atoms with Crippen LogP contribution in [-0.4, -0.2) is 156 Å². The van der Waals surface area contributed by atoms with Crippen LogP contribution in [0.3, 0.4) is 0 Å². The van der Waals surface area contributed by atoms with E-state index in [1.165, 1.54) is 48.5 Å². The molecule has 18 heteroatoms. The number of β-lactam (4-membered cyclic amide) rings is 2. The van der Waals surface area contributed by atoms with Gasteiger partial charge in [0.05, 0.1) is 107 Å². The van der Waals surface area contributed by atoms with E-state index >= 15 is 0 Å². The van der Waals surface area contributed by atoms with Crippen molar-refractivity contribution in [3.05, 3.63) is 96.1 Å². The van der Waals surface area contributed by atoms with Gasteiger partial charge in [0.1, 0.15) is 6.61 Å². The highest BCUT2D eigenvalue weighted by Crippen LogP contribution is 2.50. The number of aromatic hydroxyl groups is 1. The summed E-state index contributed by atoms with van der Waals surface area (Å²) in [5, 5.41) is 10.1. The molecule has 0 radical (unpaired) electrons. The third-order valence-electron chi connectivity index (χ3n) is 12.5. The van der Waals surface area contributed by atoms with Crippen molar-refractivity contribution in [1.29, 1.82) is 0 Å². The van der Waals surface area contributed by atoms with E-state index in [1.807, 2.05) is 18.2 Å². The molecule has 1 N–H and O–H groups in total. The van der Waals surface area contributed by atoms with Gasteiger partial charge in [0.25, 0.3) is 11.8 Å². The minimum Gasteiger partial charge on any atom is -0.504 e. The maximum absolute atomic E-state index is 12.9. The molecular weight excluding hydrogens is 917 g/mol. The van der Waals surface area contributed by atoms with Crippen LogP contribution < -0.4 is 52.4 Å². The molecule has 4 aliphatic rings. The highest BCUT2D eigenvalue weighted by atomic mass is 16.5. The summed E-state index contributed by atoms with van der Waals surface area (Å²) in [4.78, 5) is 33.4. The first-order chi connectivity index (χ1) is 34.4. The van der Waals surface area contributed by atoms with Gasteiger partial charge in [-0.3, -0.25) is 29.2 Å². The Bertz CT molecular complexity index is 2430. The number of ether oxygens (including phenoxy) is 11. The van der Waals surface area contributed by atoms with E-state index in [0.29, 0.717) is 86.4 Å². The number of phenolic OH excluding ortho intramolecular Hbond substituents is 1. The molecule has 4 saturated heterocycles. The molecule has 384 valence electrons. The number of morpholine rings is 2. The van der Waals surface area contributed by atoms with Crippen LogP contribution in [0.2, 0.25) is 0 Å². The van der Waals surface area contributed by atoms with Gasteiger partial charge in [0, 0.05) is 68.1 Å². The van der Waals surface area contributed by atoms with E-state index in [2.05, 4.69) is 29.9 Å². The average molecular weight is 985 g/mol. The van der Waals surface area contributed by atoms with Crippen LogP contribution in [0.5, 0.6) is 57.5 Å². The first kappa shape index (κ1) is 53.5. The van der Waals surface area contributed by atoms with E-state index < -0.39 is 6.04 Å². The molecule has 8 rings (SSSR count). The predicted octanol–water partition coefficient (Wildman–Crippen LogP) is 6.88. The Morgan fingerprint density at radius 3 is 1.30 bits per heavy atom. The van der Waals surface area contributed by atoms with Crippen LogP contribution in [0.15, 0.2) is 85.0 Å². The lowest BCUT2D eigenvalue weighted by atomic mass is 9.88. The number of benzene rings is 4. The highest BCUT2D eigenvalue weighted by Gasteiger charge is 2.45. The largest absolute Gasteiger partial charge is 0.504 e. The molecule has 4 heterocycles. The number of carbonyl (C=O) groups excluding carboxylic acids is 2. The molecular formula is C53H68N4O14. The van der Waals surface area contributed by atoms with E-state index in [1.54, 1.807) is 73.6 Å². The molecule has 2 atom stereocenters. The lowest BCUT2D eigenvalue weighted by molar-refractivity contribution is -0.119. The average Bonchev–Trinajstić information content (AvgIpc) is 3.41. The summed E-state index contributed by atoms with van der Waals surface area (Å²) >= 11 is 0. The Morgan fingerprint density at radius 2 is 0.915 bits per heavy atom. The molecule has 0 unspecified atom stereocenters. The number of nitrogens with zero attached hydrogens (tertiary/aromatic N) is 4. The minimum atomic E-state index is -0.419. The number of carbonyl (C=O) groups is 2. The van der Waals surface area contributed by atoms with Crippen molar-refractivity contribution in [2.24, 2.45) is 0 Å². The molecule has 0 aromatic heterocycles. The fraction of sp³-hybridized carbons (Fsp3) is 0.434. The summed E-state index contributed by atoms with van der Waals surface area (Å²) in [5.74, 6) is 3.92. The SMILES string of the molecule is C=C1C(=O)N(c2cc(OC)c(OC)c(OC)c2)[C@H]1c1ccc(OC)c(O)c1.C=C1C(=O)N(c2cc(OC)c(OC)c(OC)c2)[C@H]1c1ccc(OC)c(OCCN2CCOCC2)c1.CCCN1CCOCC1. The quantitative estimate of drug-likeness (QED) is 0.0809. The molecule has 18 nitrogen and oxygen atoms in total. The monoisotopic (exact) mass is 984 g/mol. The van der Waals surface area contributed by atoms with Crippen molar-refractivity contribution in [2.75, 3.05) is 139 Å². The maximum atomic E-state index is 12.9. The van der Waals surface area contributed by atoms with Crippen molar-refractivity contribution in [3.63, 3.8) is 0 Å². The first-order valence-corrected chi connectivity index (χ1v) is 23.3. The van der Waals surface area contributed by atoms with Crippen molar-refractivity contribution in [2.45, 2.75) is 25.4 Å². The van der Waals surface area contributed by atoms with Crippen LogP contribution in [0.25, 0.3) is 0 Å². The van der Waals surface area contributed by atoms with Crippen LogP contribution in [0.1, 0.15) is 36.6 Å². The van der Waals surface area contributed by atoms with E-state index in [0.717, 1.165) is 64.7 Å². The molecule has 0 bridgehead atoms. The summed E-state index contributed by atoms with van der Waals surface area (Å²) in [7, 11) is 12.2. The Balaban J connectivity index is 0.000000202. The first-order valence-electron chi connectivity index (χ1n) is 23.3. The number of rotatable bonds is 18. The maximum Gasteiger partial charge on any atom is 0.256 e. The van der Waals surface area contributed by atoms with E-state index in [9.17, 15) is 14.7 Å². The standard InChI is InChI=1S/C26H32N2O7.C20H21NO6.C7H15NO/c1-17-24(28(26(17)29)19-15-22(31-3)25(33-5)23(16-19)32-4)18-6-7-20(30-2)21(14-18)35-13-10-27-8-11-34-12-9-27;1-11-18(12-6-7-15(24-2)14(22)8-12)21(20(11)23)13-9-16(25-3)19(27-5)17(10-13)26-4;1-2-3-8-4-6-9-7-5-8/h6-7,14-16,24H,1,8-13H2,2-5H3;6-10,18,22H,1H2,2-5H3;2-7H2,1H3/t24-;18-;/m11./s1. The minimum absolute atomic E-state index is 0.00742. The Labute approximate surface area is 416 Å². The van der Waals surface area contributed by atoms with E-state index in [-0.39, 0.29) is 23.6 Å². The number of phenols is 1. The van der Waals surface area contributed by atoms with Crippen LogP contribution in [-0.2, 0) is 19.1 Å². The molecule has 4 fully saturated rings. The van der Waals surface area contributed by atoms with Crippen LogP contribution in [0.4, 0.5) is 11.4 Å². The van der Waals surface area contributed by atoms with Gasteiger partial charge in [-0.25, -0.2) is 0 Å². The zero-order valence-electron chi connectivity index (χ0n) is 42.4. The number of anilines is 2. The second kappa shape index (κ2) is 25.3. The van der Waals surface area contributed by atoms with Crippen molar-refractivity contribution < 1.29 is 66.8 Å². The van der Waals surface area contributed by atoms with Gasteiger partial charge in [-0.15, -0.1) is 0 Å². The van der Waals surface area contributed by atoms with Gasteiger partial charge in [0.15, 0.2) is 46.0 Å². The highest BCUT2D eigenvalue weighted by molar-refractivity contribution is 6.16. The molecule has 0 saturated carbocycles. The van der Waals surface area contributed by atoms with Crippen molar-refractivity contribution in [1.82, 2.24) is 9.80 Å². The topological polar surface area (TPSA) is 169 Å². The molecule has 4 aromatic rings. The summed E-state index contributed by atoms with van der Waals surface area (Å²) in [6, 6.07) is 16.8. The molecule has 2 amide bonds. The van der Waals surface area contributed by atoms with Gasteiger partial charge >= 0.3 is 0 Å². The summed E-state index contributed by atoms with van der Waals surface area (Å²) in [5.41, 5.74) is 3.68. The van der Waals surface area contributed by atoms with Gasteiger partial charge in [-0.1, -0.05) is 32.2 Å². The van der Waals surface area contributed by atoms with Gasteiger partial charge in [-0.2, -0.15) is 0 Å². The molecule has 0 spiro atoms. The number of hydrogen-bond acceptors (Lipinski definition) is 16. The molecule has 4 aromatic carbocycles. The summed E-state index contributed by atoms with van der Waals surface area (Å²) < 4.78 is 59.7. The van der Waals surface area contributed by atoms with Gasteiger partial charge < -0.3 is 57.2 Å². The fourth-order valence-corrected chi connectivity index (χ4v) is 8.71. The predicted molar refractivity (Wildman–Crippen MR) is 269 cm³/mol. The number of methoxy groups -OCH3 is 8. The zero-order chi connectivity index (χ0) is 51.2. The summed E-state index contributed by atoms with van der Waals surface area (Å²) in [6.45, 7) is 20.1. The Morgan fingerprint density at radius 1 is 0.521 bits per heavy atom. The van der Waals surface area contributed by atoms with Crippen LogP contribution in [0, 0.1) is 0 Å². The molecule has 4 aliphatic heterocycles. The lowest BCUT2D eigenvalue weighted by Gasteiger charge is -2.43. The van der Waals surface area contributed by atoms with Crippen molar-refractivity contribution >= 4 is 23.2 Å². The number of hydrogen-bond donors (Lipinski definition) is 1. The third-order valence-corrected chi connectivity index (χ3v) is 12.5. The lowest BCUT2D eigenvalue weighted by Crippen LogP contribution is -2.48. The Kier molecular flexibility index (Phi) is 19.1. The smallest absolute Gasteiger partial charge is 0.256 e. The van der Waals surface area contributed by atoms with Gasteiger partial charge in [0.2, 0.25) is 11.5 Å². The second-order valence-corrected chi connectivity index (χ2v) is 16.6. The van der Waals surface area contributed by atoms with Crippen LogP contribution >= 0.6 is 0 Å². The Hall–Kier alpha value is -6.86. The second-order valence-electron chi connectivity index (χ2n) is 16.6.